The summed E-state index contributed by atoms with van der Waals surface area (Å²) in [5, 5.41) is 7.93. The van der Waals surface area contributed by atoms with Crippen LogP contribution in [0.3, 0.4) is 0 Å². The highest BCUT2D eigenvalue weighted by atomic mass is 14.3. The Labute approximate surface area is 218 Å². The summed E-state index contributed by atoms with van der Waals surface area (Å²) >= 11 is 0. The van der Waals surface area contributed by atoms with E-state index in [1.54, 1.807) is 0 Å². The molecule has 0 saturated carbocycles. The van der Waals surface area contributed by atoms with Crippen LogP contribution in [-0.2, 0) is 0 Å². The first-order valence-corrected chi connectivity index (χ1v) is 13.0. The SMILES string of the molecule is Cc1ccc(-c2c(-c3ccc(C)cc3)c3ccc4cccc5ccc(c2-c2ccc(C)cc2)c3c45)cc1. The summed E-state index contributed by atoms with van der Waals surface area (Å²) in [5.74, 6) is 0. The maximum absolute atomic E-state index is 2.34. The van der Waals surface area contributed by atoms with Gasteiger partial charge in [0.25, 0.3) is 0 Å². The summed E-state index contributed by atoms with van der Waals surface area (Å²) < 4.78 is 0. The minimum absolute atomic E-state index is 1.25. The largest absolute Gasteiger partial charge is 0.0610 e. The van der Waals surface area contributed by atoms with Gasteiger partial charge in [-0.3, -0.25) is 0 Å². The molecule has 0 amide bonds. The lowest BCUT2D eigenvalue weighted by molar-refractivity contribution is 1.45. The average Bonchev–Trinajstić information content (AvgIpc) is 2.93. The molecular formula is C37H28. The molecule has 0 aliphatic rings. The first kappa shape index (κ1) is 21.8. The van der Waals surface area contributed by atoms with Gasteiger partial charge in [-0.25, -0.2) is 0 Å². The van der Waals surface area contributed by atoms with Crippen molar-refractivity contribution >= 4 is 32.3 Å². The van der Waals surface area contributed by atoms with Crippen LogP contribution < -0.4 is 0 Å². The summed E-state index contributed by atoms with van der Waals surface area (Å²) in [6.07, 6.45) is 0. The molecule has 7 rings (SSSR count). The van der Waals surface area contributed by atoms with Gasteiger partial charge in [-0.2, -0.15) is 0 Å². The molecular weight excluding hydrogens is 444 g/mol. The molecule has 0 saturated heterocycles. The van der Waals surface area contributed by atoms with E-state index >= 15 is 0 Å². The Morgan fingerprint density at radius 3 is 1.11 bits per heavy atom. The van der Waals surface area contributed by atoms with Crippen molar-refractivity contribution < 1.29 is 0 Å². The summed E-state index contributed by atoms with van der Waals surface area (Å²) in [4.78, 5) is 0. The maximum atomic E-state index is 2.34. The van der Waals surface area contributed by atoms with Gasteiger partial charge >= 0.3 is 0 Å². The predicted octanol–water partition coefficient (Wildman–Crippen LogP) is 10.5. The quantitative estimate of drug-likeness (QED) is 0.224. The van der Waals surface area contributed by atoms with Gasteiger partial charge in [-0.1, -0.05) is 132 Å². The van der Waals surface area contributed by atoms with Gasteiger partial charge in [0.15, 0.2) is 0 Å². The highest BCUT2D eigenvalue weighted by Gasteiger charge is 2.23. The van der Waals surface area contributed by atoms with Crippen molar-refractivity contribution in [2.45, 2.75) is 20.8 Å². The number of hydrogen-bond acceptors (Lipinski definition) is 0. The minimum Gasteiger partial charge on any atom is -0.0610 e. The Kier molecular flexibility index (Phi) is 4.91. The van der Waals surface area contributed by atoms with Gasteiger partial charge in [0, 0.05) is 0 Å². The standard InChI is InChI=1S/C37H28/c1-23-7-13-28(14-8-23)34-31-21-19-26-5-4-6-27-20-22-32(37(31)33(26)27)35(29-15-9-24(2)10-16-29)36(34)30-17-11-25(3)12-18-30/h4-22H,1-3H3. The lowest BCUT2D eigenvalue weighted by Gasteiger charge is -2.24. The Morgan fingerprint density at radius 2 is 0.703 bits per heavy atom. The van der Waals surface area contributed by atoms with E-state index in [9.17, 15) is 0 Å². The normalized spacial score (nSPS) is 11.6. The molecule has 0 unspecified atom stereocenters. The van der Waals surface area contributed by atoms with Gasteiger partial charge in [-0.15, -0.1) is 0 Å². The smallest absolute Gasteiger partial charge is 0.00139 e. The predicted molar refractivity (Wildman–Crippen MR) is 161 cm³/mol. The van der Waals surface area contributed by atoms with Crippen molar-refractivity contribution in [3.8, 4) is 33.4 Å². The summed E-state index contributed by atoms with van der Waals surface area (Å²) in [7, 11) is 0. The Hall–Kier alpha value is -4.42. The van der Waals surface area contributed by atoms with Crippen LogP contribution in [0.2, 0.25) is 0 Å². The number of benzene rings is 7. The van der Waals surface area contributed by atoms with Crippen LogP contribution in [0.5, 0.6) is 0 Å². The molecule has 0 bridgehead atoms. The van der Waals surface area contributed by atoms with E-state index in [1.807, 2.05) is 0 Å². The van der Waals surface area contributed by atoms with E-state index in [1.165, 1.54) is 82.4 Å². The molecule has 0 heteroatoms. The molecule has 0 aromatic heterocycles. The summed E-state index contributed by atoms with van der Waals surface area (Å²) in [5.41, 5.74) is 11.5. The van der Waals surface area contributed by atoms with Gasteiger partial charge in [0.2, 0.25) is 0 Å². The lowest BCUT2D eigenvalue weighted by atomic mass is 9.79. The highest BCUT2D eigenvalue weighted by Crippen LogP contribution is 2.50. The van der Waals surface area contributed by atoms with Crippen LogP contribution in [-0.4, -0.2) is 0 Å². The molecule has 0 heterocycles. The van der Waals surface area contributed by atoms with Crippen molar-refractivity contribution in [3.05, 3.63) is 132 Å². The fourth-order valence-electron chi connectivity index (χ4n) is 5.94. The van der Waals surface area contributed by atoms with Crippen LogP contribution in [0.1, 0.15) is 16.7 Å². The van der Waals surface area contributed by atoms with E-state index in [4.69, 9.17) is 0 Å². The van der Waals surface area contributed by atoms with E-state index < -0.39 is 0 Å². The topological polar surface area (TPSA) is 0 Å². The van der Waals surface area contributed by atoms with Gasteiger partial charge in [-0.05, 0) is 86.5 Å². The van der Waals surface area contributed by atoms with Gasteiger partial charge in [0.05, 0.1) is 0 Å². The molecule has 0 N–H and O–H groups in total. The van der Waals surface area contributed by atoms with Gasteiger partial charge in [0.1, 0.15) is 0 Å². The zero-order valence-electron chi connectivity index (χ0n) is 21.5. The first-order valence-electron chi connectivity index (χ1n) is 13.0. The lowest BCUT2D eigenvalue weighted by Crippen LogP contribution is -1.96. The number of rotatable bonds is 3. The Bertz CT molecular complexity index is 1790. The summed E-state index contributed by atoms with van der Waals surface area (Å²) in [6, 6.07) is 43.1. The molecule has 0 nitrogen and oxygen atoms in total. The third-order valence-electron chi connectivity index (χ3n) is 7.84. The van der Waals surface area contributed by atoms with E-state index in [0.717, 1.165) is 0 Å². The second kappa shape index (κ2) is 8.32. The molecule has 176 valence electrons. The molecule has 0 aliphatic carbocycles. The molecule has 0 radical (unpaired) electrons. The molecule has 0 spiro atoms. The maximum Gasteiger partial charge on any atom is -0.00139 e. The minimum atomic E-state index is 1.25. The number of aryl methyl sites for hydroxylation is 3. The van der Waals surface area contributed by atoms with Crippen molar-refractivity contribution in [2.24, 2.45) is 0 Å². The first-order chi connectivity index (χ1) is 18.1. The van der Waals surface area contributed by atoms with E-state index in [0.29, 0.717) is 0 Å². The van der Waals surface area contributed by atoms with E-state index in [2.05, 4.69) is 136 Å². The molecule has 0 aliphatic heterocycles. The number of hydrogen-bond donors (Lipinski definition) is 0. The third kappa shape index (κ3) is 3.44. The van der Waals surface area contributed by atoms with Crippen molar-refractivity contribution in [1.29, 1.82) is 0 Å². The fourth-order valence-corrected chi connectivity index (χ4v) is 5.94. The summed E-state index contributed by atoms with van der Waals surface area (Å²) in [6.45, 7) is 6.48. The molecule has 0 fully saturated rings. The highest BCUT2D eigenvalue weighted by molar-refractivity contribution is 6.31. The van der Waals surface area contributed by atoms with Crippen LogP contribution in [0.25, 0.3) is 65.7 Å². The zero-order chi connectivity index (χ0) is 25.1. The zero-order valence-corrected chi connectivity index (χ0v) is 21.5. The molecule has 7 aromatic carbocycles. The van der Waals surface area contributed by atoms with Crippen molar-refractivity contribution in [1.82, 2.24) is 0 Å². The van der Waals surface area contributed by atoms with Crippen molar-refractivity contribution in [2.75, 3.05) is 0 Å². The van der Waals surface area contributed by atoms with Crippen LogP contribution in [0, 0.1) is 20.8 Å². The average molecular weight is 473 g/mol. The molecule has 0 atom stereocenters. The fraction of sp³-hybridized carbons (Fsp3) is 0.0811. The second-order valence-corrected chi connectivity index (χ2v) is 10.4. The van der Waals surface area contributed by atoms with Crippen LogP contribution in [0.4, 0.5) is 0 Å². The molecule has 37 heavy (non-hydrogen) atoms. The van der Waals surface area contributed by atoms with E-state index in [-0.39, 0.29) is 0 Å². The van der Waals surface area contributed by atoms with Gasteiger partial charge < -0.3 is 0 Å². The van der Waals surface area contributed by atoms with Crippen LogP contribution >= 0.6 is 0 Å². The Morgan fingerprint density at radius 1 is 0.324 bits per heavy atom. The molecule has 7 aromatic rings. The monoisotopic (exact) mass is 472 g/mol. The van der Waals surface area contributed by atoms with Crippen molar-refractivity contribution in [3.63, 3.8) is 0 Å². The Balaban J connectivity index is 1.76. The van der Waals surface area contributed by atoms with Crippen LogP contribution in [0.15, 0.2) is 115 Å². The third-order valence-corrected chi connectivity index (χ3v) is 7.84. The second-order valence-electron chi connectivity index (χ2n) is 10.4.